The lowest BCUT2D eigenvalue weighted by atomic mass is 10.2. The second kappa shape index (κ2) is 8.35. The van der Waals surface area contributed by atoms with Gasteiger partial charge < -0.3 is 10.1 Å². The Balaban J connectivity index is 1.70. The van der Waals surface area contributed by atoms with E-state index in [9.17, 15) is 4.79 Å². The fourth-order valence-electron chi connectivity index (χ4n) is 2.68. The minimum Gasteiger partial charge on any atom is -0.494 e. The second-order valence-corrected chi connectivity index (χ2v) is 6.98. The first-order chi connectivity index (χ1) is 13.0. The molecule has 1 amide bonds. The number of benzene rings is 2. The van der Waals surface area contributed by atoms with Gasteiger partial charge >= 0.3 is 0 Å². The van der Waals surface area contributed by atoms with Crippen molar-refractivity contribution in [2.45, 2.75) is 27.3 Å². The Morgan fingerprint density at radius 2 is 1.93 bits per heavy atom. The average Bonchev–Trinajstić information content (AvgIpc) is 3.05. The third kappa shape index (κ3) is 4.36. The predicted octanol–water partition coefficient (Wildman–Crippen LogP) is 3.98. The van der Waals surface area contributed by atoms with E-state index in [2.05, 4.69) is 31.6 Å². The van der Waals surface area contributed by atoms with Gasteiger partial charge in [-0.2, -0.15) is 0 Å². The number of amides is 1. The Hall–Kier alpha value is -2.67. The molecule has 3 rings (SSSR count). The monoisotopic (exact) mass is 428 g/mol. The van der Waals surface area contributed by atoms with Gasteiger partial charge in [0.25, 0.3) is 5.91 Å². The van der Waals surface area contributed by atoms with E-state index in [1.807, 2.05) is 63.2 Å². The van der Waals surface area contributed by atoms with E-state index < -0.39 is 0 Å². The first kappa shape index (κ1) is 19.1. The summed E-state index contributed by atoms with van der Waals surface area (Å²) in [6.07, 6.45) is 0. The highest BCUT2D eigenvalue weighted by atomic mass is 79.9. The van der Waals surface area contributed by atoms with E-state index in [1.165, 1.54) is 0 Å². The number of ether oxygens (including phenoxy) is 1. The van der Waals surface area contributed by atoms with E-state index in [4.69, 9.17) is 4.74 Å². The Kier molecular flexibility index (Phi) is 5.91. The van der Waals surface area contributed by atoms with Gasteiger partial charge in [-0.15, -0.1) is 5.10 Å². The number of carbonyl (C=O) groups excluding carboxylic acids is 1. The van der Waals surface area contributed by atoms with Gasteiger partial charge in [0, 0.05) is 11.0 Å². The third-order valence-electron chi connectivity index (χ3n) is 4.18. The molecule has 1 N–H and O–H groups in total. The lowest BCUT2D eigenvalue weighted by Crippen LogP contribution is -2.24. The summed E-state index contributed by atoms with van der Waals surface area (Å²) < 4.78 is 8.12. The van der Waals surface area contributed by atoms with E-state index >= 15 is 0 Å². The van der Waals surface area contributed by atoms with Crippen LogP contribution < -0.4 is 10.1 Å². The van der Waals surface area contributed by atoms with Crippen LogP contribution in [0.3, 0.4) is 0 Å². The highest BCUT2D eigenvalue weighted by Crippen LogP contribution is 2.20. The van der Waals surface area contributed by atoms with Crippen molar-refractivity contribution in [2.75, 3.05) is 6.61 Å². The summed E-state index contributed by atoms with van der Waals surface area (Å²) in [7, 11) is 0. The molecular formula is C20H21BrN4O2. The maximum Gasteiger partial charge on any atom is 0.274 e. The van der Waals surface area contributed by atoms with Crippen molar-refractivity contribution in [2.24, 2.45) is 0 Å². The molecule has 0 aliphatic heterocycles. The van der Waals surface area contributed by atoms with Crippen LogP contribution in [0.5, 0.6) is 5.75 Å². The number of rotatable bonds is 6. The molecule has 0 unspecified atom stereocenters. The molecule has 0 aliphatic rings. The Bertz CT molecular complexity index is 951. The fourth-order valence-corrected chi connectivity index (χ4v) is 2.93. The lowest BCUT2D eigenvalue weighted by molar-refractivity contribution is 0.0945. The largest absolute Gasteiger partial charge is 0.494 e. The summed E-state index contributed by atoms with van der Waals surface area (Å²) in [6.45, 7) is 6.82. The quantitative estimate of drug-likeness (QED) is 0.644. The number of hydrogen-bond donors (Lipinski definition) is 1. The van der Waals surface area contributed by atoms with Crippen LogP contribution in [0.15, 0.2) is 46.9 Å². The molecular weight excluding hydrogens is 408 g/mol. The van der Waals surface area contributed by atoms with Crippen LogP contribution in [0.2, 0.25) is 0 Å². The molecule has 3 aromatic rings. The van der Waals surface area contributed by atoms with Crippen LogP contribution in [0.25, 0.3) is 5.69 Å². The van der Waals surface area contributed by atoms with Crippen molar-refractivity contribution in [3.05, 3.63) is 69.5 Å². The van der Waals surface area contributed by atoms with Gasteiger partial charge in [-0.1, -0.05) is 33.3 Å². The molecule has 2 aromatic carbocycles. The zero-order valence-electron chi connectivity index (χ0n) is 15.5. The van der Waals surface area contributed by atoms with Crippen LogP contribution >= 0.6 is 15.9 Å². The number of nitrogens with one attached hydrogen (secondary N) is 1. The second-order valence-electron chi connectivity index (χ2n) is 6.13. The van der Waals surface area contributed by atoms with Crippen molar-refractivity contribution in [3.8, 4) is 11.4 Å². The number of hydrogen-bond acceptors (Lipinski definition) is 4. The van der Waals surface area contributed by atoms with Crippen LogP contribution in [-0.2, 0) is 6.54 Å². The van der Waals surface area contributed by atoms with Crippen molar-refractivity contribution in [1.82, 2.24) is 20.3 Å². The van der Waals surface area contributed by atoms with Gasteiger partial charge in [-0.25, -0.2) is 4.68 Å². The van der Waals surface area contributed by atoms with Crippen molar-refractivity contribution in [3.63, 3.8) is 0 Å². The molecule has 0 saturated heterocycles. The first-order valence-electron chi connectivity index (χ1n) is 8.68. The third-order valence-corrected chi connectivity index (χ3v) is 5.07. The van der Waals surface area contributed by atoms with Crippen LogP contribution in [0, 0.1) is 13.8 Å². The Morgan fingerprint density at radius 1 is 1.19 bits per heavy atom. The molecule has 0 radical (unpaired) electrons. The number of carbonyl (C=O) groups is 1. The summed E-state index contributed by atoms with van der Waals surface area (Å²) in [4.78, 5) is 12.5. The van der Waals surface area contributed by atoms with Crippen molar-refractivity contribution in [1.29, 1.82) is 0 Å². The summed E-state index contributed by atoms with van der Waals surface area (Å²) in [6, 6.07) is 13.5. The molecule has 0 saturated carbocycles. The molecule has 1 heterocycles. The van der Waals surface area contributed by atoms with E-state index in [-0.39, 0.29) is 5.91 Å². The Labute approximate surface area is 166 Å². The highest BCUT2D eigenvalue weighted by Gasteiger charge is 2.17. The molecule has 7 heteroatoms. The number of halogens is 1. The zero-order chi connectivity index (χ0) is 19.4. The smallest absolute Gasteiger partial charge is 0.274 e. The minimum absolute atomic E-state index is 0.249. The highest BCUT2D eigenvalue weighted by molar-refractivity contribution is 9.10. The summed E-state index contributed by atoms with van der Waals surface area (Å²) >= 11 is 3.49. The predicted molar refractivity (Wildman–Crippen MR) is 107 cm³/mol. The molecule has 140 valence electrons. The van der Waals surface area contributed by atoms with Crippen molar-refractivity contribution < 1.29 is 9.53 Å². The molecule has 0 aliphatic carbocycles. The summed E-state index contributed by atoms with van der Waals surface area (Å²) in [5, 5.41) is 11.1. The minimum atomic E-state index is -0.249. The van der Waals surface area contributed by atoms with Gasteiger partial charge in [0.05, 0.1) is 18.0 Å². The lowest BCUT2D eigenvalue weighted by Gasteiger charge is -2.07. The van der Waals surface area contributed by atoms with Gasteiger partial charge in [0.1, 0.15) is 5.75 Å². The molecule has 0 bridgehead atoms. The van der Waals surface area contributed by atoms with Gasteiger partial charge in [-0.05, 0) is 62.2 Å². The number of nitrogens with zero attached hydrogens (tertiary/aromatic N) is 3. The maximum atomic E-state index is 12.5. The van der Waals surface area contributed by atoms with Gasteiger partial charge in [0.15, 0.2) is 5.69 Å². The van der Waals surface area contributed by atoms with Crippen LogP contribution in [0.4, 0.5) is 0 Å². The fraction of sp³-hybridized carbons (Fsp3) is 0.250. The normalized spacial score (nSPS) is 10.7. The molecule has 27 heavy (non-hydrogen) atoms. The summed E-state index contributed by atoms with van der Waals surface area (Å²) in [5.74, 6) is 0.567. The molecule has 1 aromatic heterocycles. The molecule has 0 atom stereocenters. The zero-order valence-corrected chi connectivity index (χ0v) is 17.1. The van der Waals surface area contributed by atoms with E-state index in [0.717, 1.165) is 27.0 Å². The van der Waals surface area contributed by atoms with E-state index in [1.54, 1.807) is 4.68 Å². The average molecular weight is 429 g/mol. The van der Waals surface area contributed by atoms with E-state index in [0.29, 0.717) is 24.5 Å². The van der Waals surface area contributed by atoms with Gasteiger partial charge in [-0.3, -0.25) is 4.79 Å². The standard InChI is InChI=1S/C20H21BrN4O2/c1-4-27-17-8-5-15(6-9-17)12-22-20(26)19-14(3)25(24-23-19)16-7-10-18(21)13(2)11-16/h5-11H,4,12H2,1-3H3,(H,22,26). The topological polar surface area (TPSA) is 69.0 Å². The van der Waals surface area contributed by atoms with Crippen LogP contribution in [-0.4, -0.2) is 27.5 Å². The maximum absolute atomic E-state index is 12.5. The Morgan fingerprint density at radius 3 is 2.59 bits per heavy atom. The van der Waals surface area contributed by atoms with Crippen LogP contribution in [0.1, 0.15) is 34.2 Å². The summed E-state index contributed by atoms with van der Waals surface area (Å²) in [5.41, 5.74) is 3.96. The molecule has 6 nitrogen and oxygen atoms in total. The molecule has 0 fully saturated rings. The number of aryl methyl sites for hydroxylation is 1. The molecule has 0 spiro atoms. The SMILES string of the molecule is CCOc1ccc(CNC(=O)c2nnn(-c3ccc(Br)c(C)c3)c2C)cc1. The van der Waals surface area contributed by atoms with Crippen molar-refractivity contribution >= 4 is 21.8 Å². The first-order valence-corrected chi connectivity index (χ1v) is 9.47. The van der Waals surface area contributed by atoms with Gasteiger partial charge in [0.2, 0.25) is 0 Å². The number of aromatic nitrogens is 3.